The molecule has 3 rings (SSSR count). The van der Waals surface area contributed by atoms with Crippen LogP contribution in [-0.4, -0.2) is 29.8 Å². The van der Waals surface area contributed by atoms with Crippen molar-refractivity contribution >= 4 is 17.7 Å². The summed E-state index contributed by atoms with van der Waals surface area (Å²) in [5.41, 5.74) is 7.74. The van der Waals surface area contributed by atoms with Crippen molar-refractivity contribution in [3.8, 4) is 0 Å². The van der Waals surface area contributed by atoms with E-state index in [9.17, 15) is 14.4 Å². The van der Waals surface area contributed by atoms with Gasteiger partial charge in [0.2, 0.25) is 11.8 Å². The van der Waals surface area contributed by atoms with Crippen molar-refractivity contribution < 1.29 is 14.4 Å². The van der Waals surface area contributed by atoms with Gasteiger partial charge in [-0.2, -0.15) is 0 Å². The van der Waals surface area contributed by atoms with Crippen LogP contribution in [0.2, 0.25) is 0 Å². The Bertz CT molecular complexity index is 1010. The number of rotatable bonds is 9. The van der Waals surface area contributed by atoms with Crippen molar-refractivity contribution in [1.82, 2.24) is 10.6 Å². The number of amides is 3. The summed E-state index contributed by atoms with van der Waals surface area (Å²) in [5, 5.41) is 5.50. The molecule has 0 saturated heterocycles. The van der Waals surface area contributed by atoms with Gasteiger partial charge in [0.25, 0.3) is 5.91 Å². The highest BCUT2D eigenvalue weighted by molar-refractivity contribution is 5.98. The molecule has 0 unspecified atom stereocenters. The van der Waals surface area contributed by atoms with Gasteiger partial charge < -0.3 is 16.4 Å². The number of hydrogen-bond acceptors (Lipinski definition) is 3. The fourth-order valence-corrected chi connectivity index (χ4v) is 3.24. The normalized spacial score (nSPS) is 12.4. The Labute approximate surface area is 181 Å². The molecule has 0 spiro atoms. The van der Waals surface area contributed by atoms with Crippen LogP contribution in [0.25, 0.3) is 0 Å². The van der Waals surface area contributed by atoms with Crippen LogP contribution >= 0.6 is 0 Å². The van der Waals surface area contributed by atoms with Crippen LogP contribution in [0.4, 0.5) is 0 Å². The molecule has 2 atom stereocenters. The second kappa shape index (κ2) is 10.7. The third-order valence-corrected chi connectivity index (χ3v) is 4.88. The maximum absolute atomic E-state index is 13.1. The first-order valence-corrected chi connectivity index (χ1v) is 10.1. The first-order chi connectivity index (χ1) is 15.0. The highest BCUT2D eigenvalue weighted by Gasteiger charge is 2.26. The van der Waals surface area contributed by atoms with Gasteiger partial charge in [-0.05, 0) is 23.3 Å². The van der Waals surface area contributed by atoms with E-state index in [1.807, 2.05) is 66.7 Å². The summed E-state index contributed by atoms with van der Waals surface area (Å²) < 4.78 is 0. The molecular weight excluding hydrogens is 390 g/mol. The zero-order chi connectivity index (χ0) is 22.1. The highest BCUT2D eigenvalue weighted by atomic mass is 16.2. The summed E-state index contributed by atoms with van der Waals surface area (Å²) in [6, 6.07) is 25.6. The molecule has 0 heterocycles. The Kier molecular flexibility index (Phi) is 7.54. The van der Waals surface area contributed by atoms with Crippen LogP contribution in [0.15, 0.2) is 91.0 Å². The summed E-state index contributed by atoms with van der Waals surface area (Å²) in [5.74, 6) is -1.46. The largest absolute Gasteiger partial charge is 0.368 e. The fraction of sp³-hybridized carbons (Fsp3) is 0.160. The predicted molar refractivity (Wildman–Crippen MR) is 119 cm³/mol. The molecule has 3 aromatic rings. The summed E-state index contributed by atoms with van der Waals surface area (Å²) in [4.78, 5) is 37.7. The van der Waals surface area contributed by atoms with E-state index >= 15 is 0 Å². The molecule has 0 aliphatic rings. The molecule has 0 aliphatic carbocycles. The van der Waals surface area contributed by atoms with E-state index in [0.29, 0.717) is 5.56 Å². The van der Waals surface area contributed by atoms with Crippen LogP contribution in [-0.2, 0) is 22.4 Å². The quantitative estimate of drug-likeness (QED) is 0.500. The average Bonchev–Trinajstić information content (AvgIpc) is 2.80. The van der Waals surface area contributed by atoms with Crippen molar-refractivity contribution in [3.05, 3.63) is 108 Å². The van der Waals surface area contributed by atoms with Crippen molar-refractivity contribution in [2.24, 2.45) is 5.73 Å². The third kappa shape index (κ3) is 6.54. The van der Waals surface area contributed by atoms with E-state index in [1.54, 1.807) is 24.3 Å². The SMILES string of the molecule is NC(=O)[C@H](Cc1ccccc1)NC(=O)[C@H](Cc1ccccc1)NC(=O)c1ccccc1. The number of nitrogens with two attached hydrogens (primary N) is 1. The average molecular weight is 415 g/mol. The standard InChI is InChI=1S/C25H25N3O3/c26-23(29)21(16-18-10-4-1-5-11-18)27-25(31)22(17-19-12-6-2-7-13-19)28-24(30)20-14-8-3-9-15-20/h1-15,21-22H,16-17H2,(H2,26,29)(H,27,31)(H,28,30)/t21-,22-/m0/s1. The van der Waals surface area contributed by atoms with Gasteiger partial charge in [-0.3, -0.25) is 14.4 Å². The fourth-order valence-electron chi connectivity index (χ4n) is 3.24. The number of primary amides is 1. The minimum absolute atomic E-state index is 0.270. The first kappa shape index (κ1) is 21.8. The van der Waals surface area contributed by atoms with Crippen LogP contribution in [0.5, 0.6) is 0 Å². The second-order valence-electron chi connectivity index (χ2n) is 7.24. The minimum atomic E-state index is -0.887. The maximum atomic E-state index is 13.1. The summed E-state index contributed by atoms with van der Waals surface area (Å²) in [6.07, 6.45) is 0.550. The number of nitrogens with one attached hydrogen (secondary N) is 2. The van der Waals surface area contributed by atoms with E-state index in [4.69, 9.17) is 5.73 Å². The molecule has 31 heavy (non-hydrogen) atoms. The number of carbonyl (C=O) groups excluding carboxylic acids is 3. The van der Waals surface area contributed by atoms with Crippen molar-refractivity contribution in [3.63, 3.8) is 0 Å². The summed E-state index contributed by atoms with van der Waals surface area (Å²) in [6.45, 7) is 0. The van der Waals surface area contributed by atoms with Crippen molar-refractivity contribution in [2.75, 3.05) is 0 Å². The van der Waals surface area contributed by atoms with Crippen molar-refractivity contribution in [2.45, 2.75) is 24.9 Å². The third-order valence-electron chi connectivity index (χ3n) is 4.88. The van der Waals surface area contributed by atoms with Crippen LogP contribution in [0.1, 0.15) is 21.5 Å². The summed E-state index contributed by atoms with van der Waals surface area (Å²) >= 11 is 0. The molecule has 0 saturated carbocycles. The smallest absolute Gasteiger partial charge is 0.251 e. The van der Waals surface area contributed by atoms with Gasteiger partial charge in [0.05, 0.1) is 0 Å². The Hall–Kier alpha value is -3.93. The second-order valence-corrected chi connectivity index (χ2v) is 7.24. The zero-order valence-corrected chi connectivity index (χ0v) is 17.0. The Morgan fingerprint density at radius 1 is 0.645 bits per heavy atom. The topological polar surface area (TPSA) is 101 Å². The molecular formula is C25H25N3O3. The van der Waals surface area contributed by atoms with E-state index in [1.165, 1.54) is 0 Å². The van der Waals surface area contributed by atoms with Gasteiger partial charge >= 0.3 is 0 Å². The minimum Gasteiger partial charge on any atom is -0.368 e. The van der Waals surface area contributed by atoms with Gasteiger partial charge in [0.1, 0.15) is 12.1 Å². The van der Waals surface area contributed by atoms with Gasteiger partial charge in [0.15, 0.2) is 0 Å². The number of benzene rings is 3. The molecule has 0 radical (unpaired) electrons. The Morgan fingerprint density at radius 2 is 1.10 bits per heavy atom. The van der Waals surface area contributed by atoms with E-state index in [0.717, 1.165) is 11.1 Å². The van der Waals surface area contributed by atoms with Gasteiger partial charge in [0, 0.05) is 18.4 Å². The molecule has 0 bridgehead atoms. The molecule has 0 fully saturated rings. The predicted octanol–water partition coefficient (Wildman–Crippen LogP) is 2.24. The molecule has 6 nitrogen and oxygen atoms in total. The number of hydrogen-bond donors (Lipinski definition) is 3. The van der Waals surface area contributed by atoms with E-state index in [-0.39, 0.29) is 18.7 Å². The molecule has 0 aromatic heterocycles. The van der Waals surface area contributed by atoms with Gasteiger partial charge in [-0.15, -0.1) is 0 Å². The van der Waals surface area contributed by atoms with Crippen LogP contribution in [0, 0.1) is 0 Å². The van der Waals surface area contributed by atoms with E-state index in [2.05, 4.69) is 10.6 Å². The molecule has 3 aromatic carbocycles. The summed E-state index contributed by atoms with van der Waals surface area (Å²) in [7, 11) is 0. The Balaban J connectivity index is 1.76. The van der Waals surface area contributed by atoms with Crippen LogP contribution < -0.4 is 16.4 Å². The zero-order valence-electron chi connectivity index (χ0n) is 17.0. The lowest BCUT2D eigenvalue weighted by Crippen LogP contribution is -2.54. The lowest BCUT2D eigenvalue weighted by molar-refractivity contribution is -0.128. The lowest BCUT2D eigenvalue weighted by atomic mass is 10.0. The van der Waals surface area contributed by atoms with E-state index < -0.39 is 23.9 Å². The molecule has 6 heteroatoms. The Morgan fingerprint density at radius 3 is 1.58 bits per heavy atom. The lowest BCUT2D eigenvalue weighted by Gasteiger charge is -2.22. The molecule has 4 N–H and O–H groups in total. The molecule has 158 valence electrons. The monoisotopic (exact) mass is 415 g/mol. The van der Waals surface area contributed by atoms with Crippen LogP contribution in [0.3, 0.4) is 0 Å². The number of carbonyl (C=O) groups is 3. The molecule has 0 aliphatic heterocycles. The van der Waals surface area contributed by atoms with Gasteiger partial charge in [-0.25, -0.2) is 0 Å². The molecule has 3 amide bonds. The van der Waals surface area contributed by atoms with Crippen molar-refractivity contribution in [1.29, 1.82) is 0 Å². The van der Waals surface area contributed by atoms with Gasteiger partial charge in [-0.1, -0.05) is 78.9 Å². The maximum Gasteiger partial charge on any atom is 0.251 e. The first-order valence-electron chi connectivity index (χ1n) is 10.1. The highest BCUT2D eigenvalue weighted by Crippen LogP contribution is 2.08.